The third kappa shape index (κ3) is 4.75. The van der Waals surface area contributed by atoms with Gasteiger partial charge < -0.3 is 10.2 Å². The molecule has 1 aliphatic rings. The topological polar surface area (TPSA) is 35.6 Å². The fourth-order valence-corrected chi connectivity index (χ4v) is 3.92. The fourth-order valence-electron chi connectivity index (χ4n) is 3.92. The summed E-state index contributed by atoms with van der Waals surface area (Å²) >= 11 is 0. The van der Waals surface area contributed by atoms with Crippen LogP contribution in [0.2, 0.25) is 0 Å². The Morgan fingerprint density at radius 2 is 1.90 bits per heavy atom. The fraction of sp³-hybridized carbons (Fsp3) is 0.409. The van der Waals surface area contributed by atoms with E-state index in [2.05, 4.69) is 29.3 Å². The average molecular weight is 423 g/mol. The number of likely N-dealkylation sites (tertiary alicyclic amines) is 1. The molecule has 162 valence electrons. The summed E-state index contributed by atoms with van der Waals surface area (Å²) in [6, 6.07) is 12.4. The van der Waals surface area contributed by atoms with Crippen molar-refractivity contribution in [3.63, 3.8) is 0 Å². The lowest BCUT2D eigenvalue weighted by Crippen LogP contribution is -2.44. The number of nitrogens with one attached hydrogen (secondary N) is 1. The Morgan fingerprint density at radius 1 is 1.20 bits per heavy atom. The van der Waals surface area contributed by atoms with Crippen molar-refractivity contribution in [1.82, 2.24) is 9.80 Å². The second-order valence-electron chi connectivity index (χ2n) is 7.41. The van der Waals surface area contributed by atoms with Crippen LogP contribution in [0.1, 0.15) is 37.4 Å². The second-order valence-corrected chi connectivity index (χ2v) is 7.41. The molecule has 1 saturated heterocycles. The van der Waals surface area contributed by atoms with Gasteiger partial charge in [0.25, 0.3) is 0 Å². The molecule has 2 unspecified atom stereocenters. The maximum atomic E-state index is 14.3. The number of hydrogen-bond donors (Lipinski definition) is 1. The number of alkyl halides is 3. The Hall–Kier alpha value is -2.61. The molecule has 8 heteroatoms. The van der Waals surface area contributed by atoms with E-state index >= 15 is 0 Å². The van der Waals surface area contributed by atoms with Crippen LogP contribution in [0.5, 0.6) is 0 Å². The summed E-state index contributed by atoms with van der Waals surface area (Å²) in [5.41, 5.74) is -0.690. The molecule has 0 radical (unpaired) electrons. The van der Waals surface area contributed by atoms with Crippen LogP contribution in [-0.4, -0.2) is 41.5 Å². The van der Waals surface area contributed by atoms with Crippen molar-refractivity contribution in [3.8, 4) is 0 Å². The van der Waals surface area contributed by atoms with Crippen LogP contribution in [0.4, 0.5) is 28.0 Å². The third-order valence-corrected chi connectivity index (χ3v) is 5.61. The van der Waals surface area contributed by atoms with Crippen LogP contribution in [0, 0.1) is 5.82 Å². The number of halogens is 4. The first-order chi connectivity index (χ1) is 14.2. The molecule has 1 fully saturated rings. The second kappa shape index (κ2) is 9.04. The van der Waals surface area contributed by atoms with Crippen molar-refractivity contribution < 1.29 is 22.4 Å². The van der Waals surface area contributed by atoms with Crippen molar-refractivity contribution in [3.05, 3.63) is 65.5 Å². The molecule has 2 amide bonds. The highest BCUT2D eigenvalue weighted by Gasteiger charge is 2.36. The SMILES string of the molecule is CCN(C(=O)Nc1cccc(C(F)(F)F)c1F)C1CCN(C(C)c2ccccc2)C1. The van der Waals surface area contributed by atoms with E-state index in [0.717, 1.165) is 25.1 Å². The smallest absolute Gasteiger partial charge is 0.320 e. The van der Waals surface area contributed by atoms with Gasteiger partial charge in [-0.1, -0.05) is 36.4 Å². The standard InChI is InChI=1S/C22H25F4N3O/c1-3-29(17-12-13-28(14-17)15(2)16-8-5-4-6-9-16)21(30)27-19-11-7-10-18(20(19)23)22(24,25)26/h4-11,15,17H,3,12-14H2,1-2H3,(H,27,30). The Labute approximate surface area is 173 Å². The van der Waals surface area contributed by atoms with Gasteiger partial charge >= 0.3 is 12.2 Å². The molecule has 0 spiro atoms. The lowest BCUT2D eigenvalue weighted by Gasteiger charge is -2.30. The number of amides is 2. The van der Waals surface area contributed by atoms with Crippen LogP contribution >= 0.6 is 0 Å². The van der Waals surface area contributed by atoms with Crippen molar-refractivity contribution in [2.75, 3.05) is 25.0 Å². The lowest BCUT2D eigenvalue weighted by molar-refractivity contribution is -0.139. The van der Waals surface area contributed by atoms with Crippen molar-refractivity contribution in [2.24, 2.45) is 0 Å². The number of anilines is 1. The molecule has 2 aromatic rings. The number of benzene rings is 2. The van der Waals surface area contributed by atoms with Gasteiger partial charge in [0.1, 0.15) is 0 Å². The zero-order valence-corrected chi connectivity index (χ0v) is 16.9. The third-order valence-electron chi connectivity index (χ3n) is 5.61. The monoisotopic (exact) mass is 423 g/mol. The van der Waals surface area contributed by atoms with Gasteiger partial charge in [-0.05, 0) is 38.0 Å². The summed E-state index contributed by atoms with van der Waals surface area (Å²) in [4.78, 5) is 16.6. The quantitative estimate of drug-likeness (QED) is 0.642. The van der Waals surface area contributed by atoms with Crippen LogP contribution in [0.3, 0.4) is 0 Å². The molecule has 0 aromatic heterocycles. The van der Waals surface area contributed by atoms with Crippen molar-refractivity contribution in [2.45, 2.75) is 38.5 Å². The van der Waals surface area contributed by atoms with E-state index < -0.39 is 29.3 Å². The lowest BCUT2D eigenvalue weighted by atomic mass is 10.1. The van der Waals surface area contributed by atoms with Crippen molar-refractivity contribution >= 4 is 11.7 Å². The van der Waals surface area contributed by atoms with Crippen LogP contribution in [0.15, 0.2) is 48.5 Å². The van der Waals surface area contributed by atoms with Gasteiger partial charge in [0, 0.05) is 31.7 Å². The minimum absolute atomic E-state index is 0.102. The number of likely N-dealkylation sites (N-methyl/N-ethyl adjacent to an activating group) is 1. The molecule has 30 heavy (non-hydrogen) atoms. The first kappa shape index (κ1) is 22.1. The molecule has 4 nitrogen and oxygen atoms in total. The number of rotatable bonds is 5. The summed E-state index contributed by atoms with van der Waals surface area (Å²) in [5.74, 6) is -1.47. The van der Waals surface area contributed by atoms with Crippen molar-refractivity contribution in [1.29, 1.82) is 0 Å². The summed E-state index contributed by atoms with van der Waals surface area (Å²) in [6.45, 7) is 5.70. The molecule has 0 saturated carbocycles. The molecule has 3 rings (SSSR count). The highest BCUT2D eigenvalue weighted by molar-refractivity contribution is 5.89. The molecule has 1 aliphatic heterocycles. The predicted molar refractivity (Wildman–Crippen MR) is 108 cm³/mol. The van der Waals surface area contributed by atoms with Gasteiger partial charge in [0.05, 0.1) is 11.3 Å². The zero-order chi connectivity index (χ0) is 21.9. The normalized spacial score (nSPS) is 18.3. The molecule has 2 aromatic carbocycles. The first-order valence-corrected chi connectivity index (χ1v) is 9.94. The Kier molecular flexibility index (Phi) is 6.65. The number of urea groups is 1. The van der Waals surface area contributed by atoms with Gasteiger partial charge in [-0.2, -0.15) is 13.2 Å². The van der Waals surface area contributed by atoms with Gasteiger partial charge in [-0.15, -0.1) is 0 Å². The first-order valence-electron chi connectivity index (χ1n) is 9.94. The summed E-state index contributed by atoms with van der Waals surface area (Å²) in [7, 11) is 0. The number of hydrogen-bond acceptors (Lipinski definition) is 2. The summed E-state index contributed by atoms with van der Waals surface area (Å²) < 4.78 is 53.0. The molecule has 2 atom stereocenters. The van der Waals surface area contributed by atoms with Crippen LogP contribution in [-0.2, 0) is 6.18 Å². The van der Waals surface area contributed by atoms with E-state index in [1.807, 2.05) is 18.2 Å². The van der Waals surface area contributed by atoms with Crippen LogP contribution in [0.25, 0.3) is 0 Å². The zero-order valence-electron chi connectivity index (χ0n) is 16.9. The highest BCUT2D eigenvalue weighted by Crippen LogP contribution is 2.34. The van der Waals surface area contributed by atoms with E-state index in [4.69, 9.17) is 0 Å². The van der Waals surface area contributed by atoms with E-state index in [1.54, 1.807) is 11.8 Å². The van der Waals surface area contributed by atoms with Crippen LogP contribution < -0.4 is 5.32 Å². The number of nitrogens with zero attached hydrogens (tertiary/aromatic N) is 2. The highest BCUT2D eigenvalue weighted by atomic mass is 19.4. The predicted octanol–water partition coefficient (Wildman–Crippen LogP) is 5.53. The van der Waals surface area contributed by atoms with E-state index in [9.17, 15) is 22.4 Å². The Bertz CT molecular complexity index is 872. The average Bonchev–Trinajstić information content (AvgIpc) is 3.19. The Morgan fingerprint density at radius 3 is 2.53 bits per heavy atom. The molecule has 0 aliphatic carbocycles. The number of carbonyl (C=O) groups is 1. The summed E-state index contributed by atoms with van der Waals surface area (Å²) in [5, 5.41) is 2.32. The molecule has 1 N–H and O–H groups in total. The summed E-state index contributed by atoms with van der Waals surface area (Å²) in [6.07, 6.45) is -4.09. The van der Waals surface area contributed by atoms with Gasteiger partial charge in [0.2, 0.25) is 0 Å². The van der Waals surface area contributed by atoms with E-state index in [0.29, 0.717) is 19.2 Å². The molecular formula is C22H25F4N3O. The Balaban J connectivity index is 1.69. The largest absolute Gasteiger partial charge is 0.419 e. The minimum atomic E-state index is -4.82. The van der Waals surface area contributed by atoms with E-state index in [-0.39, 0.29) is 12.1 Å². The van der Waals surface area contributed by atoms with E-state index in [1.165, 1.54) is 5.56 Å². The van der Waals surface area contributed by atoms with Gasteiger partial charge in [-0.25, -0.2) is 9.18 Å². The number of carbonyl (C=O) groups excluding carboxylic acids is 1. The maximum Gasteiger partial charge on any atom is 0.419 e. The molecule has 0 bridgehead atoms. The molecule has 1 heterocycles. The van der Waals surface area contributed by atoms with Gasteiger partial charge in [0.15, 0.2) is 5.82 Å². The maximum absolute atomic E-state index is 14.3. The van der Waals surface area contributed by atoms with Gasteiger partial charge in [-0.3, -0.25) is 4.90 Å². The molecular weight excluding hydrogens is 398 g/mol. The minimum Gasteiger partial charge on any atom is -0.320 e.